The molecule has 0 spiro atoms. The number of aryl methyl sites for hydroxylation is 2. The molecule has 0 amide bonds. The second kappa shape index (κ2) is 8.10. The van der Waals surface area contributed by atoms with E-state index in [4.69, 9.17) is 11.6 Å². The van der Waals surface area contributed by atoms with Crippen LogP contribution in [-0.2, 0) is 6.42 Å². The summed E-state index contributed by atoms with van der Waals surface area (Å²) in [6.45, 7) is 4.81. The second-order valence-electron chi connectivity index (χ2n) is 6.23. The van der Waals surface area contributed by atoms with Gasteiger partial charge in [-0.2, -0.15) is 10.1 Å². The van der Waals surface area contributed by atoms with Crippen LogP contribution in [0.15, 0.2) is 42.9 Å². The molecule has 7 heteroatoms. The molecule has 1 aromatic carbocycles. The summed E-state index contributed by atoms with van der Waals surface area (Å²) < 4.78 is 0. The van der Waals surface area contributed by atoms with Gasteiger partial charge in [-0.1, -0.05) is 17.7 Å². The Morgan fingerprint density at radius 2 is 1.92 bits per heavy atom. The van der Waals surface area contributed by atoms with Gasteiger partial charge in [-0.3, -0.25) is 4.98 Å². The van der Waals surface area contributed by atoms with E-state index >= 15 is 0 Å². The zero-order valence-electron chi connectivity index (χ0n) is 15.1. The third-order valence-electron chi connectivity index (χ3n) is 4.06. The number of rotatable bonds is 6. The number of hydrogen-bond acceptors (Lipinski definition) is 6. The largest absolute Gasteiger partial charge is 0.342 e. The lowest BCUT2D eigenvalue weighted by atomic mass is 10.1. The SMILES string of the molecule is Cc1cc(C)c(Nc2cnnc(N(C)CCc3ccncc3)n2)c(Cl)c1. The first-order chi connectivity index (χ1) is 12.5. The quantitative estimate of drug-likeness (QED) is 0.710. The molecule has 2 aromatic heterocycles. The molecular formula is C19H21ClN6. The fraction of sp³-hybridized carbons (Fsp3) is 0.263. The topological polar surface area (TPSA) is 66.8 Å². The number of nitrogens with one attached hydrogen (secondary N) is 1. The molecule has 0 atom stereocenters. The molecule has 0 aliphatic carbocycles. The minimum absolute atomic E-state index is 0.560. The first kappa shape index (κ1) is 18.1. The zero-order valence-corrected chi connectivity index (χ0v) is 15.8. The van der Waals surface area contributed by atoms with E-state index in [9.17, 15) is 0 Å². The van der Waals surface area contributed by atoms with Gasteiger partial charge in [0.2, 0.25) is 5.95 Å². The summed E-state index contributed by atoms with van der Waals surface area (Å²) >= 11 is 6.36. The number of pyridine rings is 1. The number of aromatic nitrogens is 4. The Kier molecular flexibility index (Phi) is 5.63. The van der Waals surface area contributed by atoms with Crippen LogP contribution in [-0.4, -0.2) is 33.8 Å². The molecule has 0 saturated carbocycles. The highest BCUT2D eigenvalue weighted by Gasteiger charge is 2.10. The zero-order chi connectivity index (χ0) is 18.5. The van der Waals surface area contributed by atoms with Crippen LogP contribution in [0.3, 0.4) is 0 Å². The Labute approximate surface area is 158 Å². The van der Waals surface area contributed by atoms with Crippen LogP contribution in [0.4, 0.5) is 17.5 Å². The van der Waals surface area contributed by atoms with Crippen molar-refractivity contribution in [1.82, 2.24) is 20.2 Å². The summed E-state index contributed by atoms with van der Waals surface area (Å²) in [6.07, 6.45) is 6.07. The van der Waals surface area contributed by atoms with Crippen LogP contribution in [0, 0.1) is 13.8 Å². The Morgan fingerprint density at radius 3 is 2.65 bits per heavy atom. The number of anilines is 3. The molecule has 134 valence electrons. The van der Waals surface area contributed by atoms with Crippen molar-refractivity contribution in [3.63, 3.8) is 0 Å². The summed E-state index contributed by atoms with van der Waals surface area (Å²) in [4.78, 5) is 10.6. The van der Waals surface area contributed by atoms with E-state index in [0.717, 1.165) is 29.8 Å². The average molecular weight is 369 g/mol. The van der Waals surface area contributed by atoms with Gasteiger partial charge < -0.3 is 10.2 Å². The normalized spacial score (nSPS) is 10.6. The molecule has 0 bridgehead atoms. The summed E-state index contributed by atoms with van der Waals surface area (Å²) in [6, 6.07) is 8.01. The fourth-order valence-corrected chi connectivity index (χ4v) is 3.03. The predicted octanol–water partition coefficient (Wildman–Crippen LogP) is 3.96. The maximum atomic E-state index is 6.36. The maximum Gasteiger partial charge on any atom is 0.247 e. The van der Waals surface area contributed by atoms with Crippen LogP contribution in [0.1, 0.15) is 16.7 Å². The Bertz CT molecular complexity index is 861. The van der Waals surface area contributed by atoms with E-state index in [-0.39, 0.29) is 0 Å². The Balaban J connectivity index is 1.72. The molecule has 1 N–H and O–H groups in total. The van der Waals surface area contributed by atoms with Crippen molar-refractivity contribution in [2.45, 2.75) is 20.3 Å². The van der Waals surface area contributed by atoms with Gasteiger partial charge in [0.15, 0.2) is 5.82 Å². The van der Waals surface area contributed by atoms with Crippen LogP contribution in [0.5, 0.6) is 0 Å². The van der Waals surface area contributed by atoms with Crippen molar-refractivity contribution < 1.29 is 0 Å². The highest BCUT2D eigenvalue weighted by Crippen LogP contribution is 2.29. The molecule has 0 saturated heterocycles. The van der Waals surface area contributed by atoms with Gasteiger partial charge in [-0.25, -0.2) is 0 Å². The second-order valence-corrected chi connectivity index (χ2v) is 6.64. The van der Waals surface area contributed by atoms with Gasteiger partial charge in [0, 0.05) is 26.0 Å². The average Bonchev–Trinajstić information content (AvgIpc) is 2.64. The smallest absolute Gasteiger partial charge is 0.247 e. The van der Waals surface area contributed by atoms with E-state index in [1.807, 2.05) is 44.0 Å². The van der Waals surface area contributed by atoms with Gasteiger partial charge in [-0.05, 0) is 55.2 Å². The molecule has 0 aliphatic heterocycles. The van der Waals surface area contributed by atoms with Crippen LogP contribution < -0.4 is 10.2 Å². The number of benzene rings is 1. The highest BCUT2D eigenvalue weighted by atomic mass is 35.5. The molecule has 3 rings (SSSR count). The number of hydrogen-bond donors (Lipinski definition) is 1. The van der Waals surface area contributed by atoms with E-state index < -0.39 is 0 Å². The lowest BCUT2D eigenvalue weighted by Crippen LogP contribution is -2.23. The molecule has 26 heavy (non-hydrogen) atoms. The molecule has 0 radical (unpaired) electrons. The number of likely N-dealkylation sites (N-methyl/N-ethyl adjacent to an activating group) is 1. The van der Waals surface area contributed by atoms with Crippen LogP contribution in [0.2, 0.25) is 5.02 Å². The molecule has 2 heterocycles. The summed E-state index contributed by atoms with van der Waals surface area (Å²) in [5.74, 6) is 1.17. The van der Waals surface area contributed by atoms with Gasteiger partial charge >= 0.3 is 0 Å². The maximum absolute atomic E-state index is 6.36. The molecule has 0 unspecified atom stereocenters. The van der Waals surface area contributed by atoms with Crippen molar-refractivity contribution in [2.24, 2.45) is 0 Å². The molecular weight excluding hydrogens is 348 g/mol. The monoisotopic (exact) mass is 368 g/mol. The van der Waals surface area contributed by atoms with Crippen molar-refractivity contribution in [1.29, 1.82) is 0 Å². The Morgan fingerprint density at radius 1 is 1.15 bits per heavy atom. The summed E-state index contributed by atoms with van der Waals surface area (Å²) in [7, 11) is 1.95. The van der Waals surface area contributed by atoms with Gasteiger partial charge in [0.25, 0.3) is 0 Å². The lowest BCUT2D eigenvalue weighted by Gasteiger charge is -2.17. The highest BCUT2D eigenvalue weighted by molar-refractivity contribution is 6.33. The first-order valence-corrected chi connectivity index (χ1v) is 8.74. The summed E-state index contributed by atoms with van der Waals surface area (Å²) in [5.41, 5.74) is 4.23. The van der Waals surface area contributed by atoms with E-state index in [2.05, 4.69) is 31.5 Å². The first-order valence-electron chi connectivity index (χ1n) is 8.36. The third kappa shape index (κ3) is 4.46. The van der Waals surface area contributed by atoms with Gasteiger partial charge in [0.05, 0.1) is 16.9 Å². The van der Waals surface area contributed by atoms with E-state index in [1.165, 1.54) is 5.56 Å². The van der Waals surface area contributed by atoms with Crippen molar-refractivity contribution >= 4 is 29.1 Å². The number of nitrogens with zero attached hydrogens (tertiary/aromatic N) is 5. The van der Waals surface area contributed by atoms with Gasteiger partial charge in [0.1, 0.15) is 0 Å². The van der Waals surface area contributed by atoms with Crippen LogP contribution in [0.25, 0.3) is 0 Å². The summed E-state index contributed by atoms with van der Waals surface area (Å²) in [5, 5.41) is 12.1. The predicted molar refractivity (Wildman–Crippen MR) is 105 cm³/mol. The fourth-order valence-electron chi connectivity index (χ4n) is 2.66. The van der Waals surface area contributed by atoms with E-state index in [0.29, 0.717) is 16.8 Å². The minimum Gasteiger partial charge on any atom is -0.342 e. The number of halogens is 1. The molecule has 0 aliphatic rings. The standard InChI is InChI=1S/C19H21ClN6/c1-13-10-14(2)18(16(20)11-13)23-17-12-22-25-19(24-17)26(3)9-6-15-4-7-21-8-5-15/h4-5,7-8,10-12H,6,9H2,1-3H3,(H,23,24,25). The van der Waals surface area contributed by atoms with Crippen molar-refractivity contribution in [3.8, 4) is 0 Å². The van der Waals surface area contributed by atoms with Crippen molar-refractivity contribution in [2.75, 3.05) is 23.8 Å². The van der Waals surface area contributed by atoms with Crippen LogP contribution >= 0.6 is 11.6 Å². The van der Waals surface area contributed by atoms with E-state index in [1.54, 1.807) is 18.6 Å². The minimum atomic E-state index is 0.560. The Hall–Kier alpha value is -2.73. The van der Waals surface area contributed by atoms with Gasteiger partial charge in [-0.15, -0.1) is 5.10 Å². The van der Waals surface area contributed by atoms with Crippen molar-refractivity contribution in [3.05, 3.63) is 64.6 Å². The molecule has 6 nitrogen and oxygen atoms in total. The third-order valence-corrected chi connectivity index (χ3v) is 4.36. The molecule has 3 aromatic rings. The molecule has 0 fully saturated rings. The lowest BCUT2D eigenvalue weighted by molar-refractivity contribution is 0.812.